The molecule has 3 aromatic rings. The Labute approximate surface area is 135 Å². The van der Waals surface area contributed by atoms with E-state index in [0.717, 1.165) is 18.7 Å². The van der Waals surface area contributed by atoms with Gasteiger partial charge in [0.05, 0.1) is 10.9 Å². The zero-order chi connectivity index (χ0) is 15.8. The highest BCUT2D eigenvalue weighted by molar-refractivity contribution is 7.99. The minimum atomic E-state index is -0.340. The van der Waals surface area contributed by atoms with Crippen LogP contribution in [-0.2, 0) is 0 Å². The van der Waals surface area contributed by atoms with Gasteiger partial charge in [-0.2, -0.15) is 9.67 Å². The molecule has 23 heavy (non-hydrogen) atoms. The monoisotopic (exact) mass is 332 g/mol. The predicted octanol–water partition coefficient (Wildman–Crippen LogP) is 2.92. The molecular formula is C14H13FN6OS. The van der Waals surface area contributed by atoms with E-state index >= 15 is 0 Å². The van der Waals surface area contributed by atoms with E-state index in [9.17, 15) is 4.39 Å². The van der Waals surface area contributed by atoms with E-state index in [1.807, 2.05) is 6.92 Å². The van der Waals surface area contributed by atoms with E-state index < -0.39 is 0 Å². The molecule has 1 aliphatic carbocycles. The molecule has 0 saturated heterocycles. The Balaban J connectivity index is 1.55. The van der Waals surface area contributed by atoms with Crippen molar-refractivity contribution < 1.29 is 8.91 Å². The van der Waals surface area contributed by atoms with Gasteiger partial charge in [-0.15, -0.1) is 5.10 Å². The molecule has 0 spiro atoms. The summed E-state index contributed by atoms with van der Waals surface area (Å²) in [5, 5.41) is 16.0. The van der Waals surface area contributed by atoms with Crippen LogP contribution in [0.3, 0.4) is 0 Å². The number of hydrogen-bond acceptors (Lipinski definition) is 7. The number of halogens is 1. The average Bonchev–Trinajstić information content (AvgIpc) is 3.09. The maximum Gasteiger partial charge on any atom is 0.239 e. The molecule has 0 bridgehead atoms. The fourth-order valence-electron chi connectivity index (χ4n) is 2.15. The Kier molecular flexibility index (Phi) is 3.56. The van der Waals surface area contributed by atoms with E-state index in [1.165, 1.54) is 28.6 Å². The first kappa shape index (κ1) is 14.3. The number of tetrazole rings is 1. The third kappa shape index (κ3) is 2.96. The molecule has 1 aromatic carbocycles. The zero-order valence-corrected chi connectivity index (χ0v) is 13.1. The van der Waals surface area contributed by atoms with Crippen molar-refractivity contribution in [1.29, 1.82) is 0 Å². The molecule has 1 saturated carbocycles. The SMILES string of the molecule is C[C@H](Sc1nnnn1-c1cccc(F)c1)c1nc(C2CC2)no1. The standard InChI is InChI=1S/C14H13FN6OS/c1-8(13-16-12(18-22-13)9-5-6-9)23-14-17-19-20-21(14)11-4-2-3-10(15)7-11/h2-4,7-9H,5-6H2,1H3/t8-/m0/s1. The fraction of sp³-hybridized carbons (Fsp3) is 0.357. The van der Waals surface area contributed by atoms with Gasteiger partial charge >= 0.3 is 0 Å². The Bertz CT molecular complexity index is 830. The van der Waals surface area contributed by atoms with Gasteiger partial charge in [0.25, 0.3) is 0 Å². The molecule has 1 aliphatic rings. The predicted molar refractivity (Wildman–Crippen MR) is 79.7 cm³/mol. The van der Waals surface area contributed by atoms with Crippen molar-refractivity contribution >= 4 is 11.8 Å². The molecule has 7 nitrogen and oxygen atoms in total. The highest BCUT2D eigenvalue weighted by atomic mass is 32.2. The number of nitrogens with zero attached hydrogens (tertiary/aromatic N) is 6. The molecule has 9 heteroatoms. The van der Waals surface area contributed by atoms with Crippen molar-refractivity contribution in [2.75, 3.05) is 0 Å². The lowest BCUT2D eigenvalue weighted by Crippen LogP contribution is -2.01. The van der Waals surface area contributed by atoms with Crippen LogP contribution in [0.5, 0.6) is 0 Å². The molecule has 0 aliphatic heterocycles. The number of benzene rings is 1. The normalized spacial score (nSPS) is 15.7. The molecular weight excluding hydrogens is 319 g/mol. The van der Waals surface area contributed by atoms with Crippen molar-refractivity contribution in [3.63, 3.8) is 0 Å². The summed E-state index contributed by atoms with van der Waals surface area (Å²) in [5.74, 6) is 1.43. The van der Waals surface area contributed by atoms with Crippen LogP contribution in [0.1, 0.15) is 42.6 Å². The Hall–Kier alpha value is -2.29. The second kappa shape index (κ2) is 5.73. The van der Waals surface area contributed by atoms with Crippen LogP contribution in [0.4, 0.5) is 4.39 Å². The summed E-state index contributed by atoms with van der Waals surface area (Å²) in [6.07, 6.45) is 2.25. The topological polar surface area (TPSA) is 82.5 Å². The van der Waals surface area contributed by atoms with E-state index in [-0.39, 0.29) is 11.1 Å². The van der Waals surface area contributed by atoms with Crippen molar-refractivity contribution in [3.05, 3.63) is 41.8 Å². The number of hydrogen-bond donors (Lipinski definition) is 0. The minimum Gasteiger partial charge on any atom is -0.338 e. The van der Waals surface area contributed by atoms with Crippen molar-refractivity contribution in [3.8, 4) is 5.69 Å². The van der Waals surface area contributed by atoms with Crippen LogP contribution in [-0.4, -0.2) is 30.3 Å². The van der Waals surface area contributed by atoms with Crippen molar-refractivity contribution in [2.24, 2.45) is 0 Å². The summed E-state index contributed by atoms with van der Waals surface area (Å²) in [6, 6.07) is 6.11. The smallest absolute Gasteiger partial charge is 0.239 e. The van der Waals surface area contributed by atoms with Gasteiger partial charge in [-0.05, 0) is 48.4 Å². The van der Waals surface area contributed by atoms with Gasteiger partial charge in [0.1, 0.15) is 5.82 Å². The number of aromatic nitrogens is 6. The van der Waals surface area contributed by atoms with Crippen LogP contribution in [0.2, 0.25) is 0 Å². The van der Waals surface area contributed by atoms with Gasteiger partial charge in [-0.25, -0.2) is 4.39 Å². The van der Waals surface area contributed by atoms with Gasteiger partial charge in [0.15, 0.2) is 5.82 Å². The first-order valence-corrected chi connectivity index (χ1v) is 8.13. The van der Waals surface area contributed by atoms with E-state index in [4.69, 9.17) is 4.52 Å². The van der Waals surface area contributed by atoms with Crippen LogP contribution in [0.25, 0.3) is 5.69 Å². The minimum absolute atomic E-state index is 0.103. The summed E-state index contributed by atoms with van der Waals surface area (Å²) >= 11 is 1.38. The van der Waals surface area contributed by atoms with Crippen molar-refractivity contribution in [1.82, 2.24) is 30.3 Å². The number of thioether (sulfide) groups is 1. The molecule has 0 radical (unpaired) electrons. The summed E-state index contributed by atoms with van der Waals surface area (Å²) in [6.45, 7) is 1.94. The summed E-state index contributed by atoms with van der Waals surface area (Å²) in [5.41, 5.74) is 0.564. The second-order valence-electron chi connectivity index (χ2n) is 5.38. The fourth-order valence-corrected chi connectivity index (χ4v) is 2.99. The average molecular weight is 332 g/mol. The molecule has 0 unspecified atom stereocenters. The molecule has 118 valence electrons. The van der Waals surface area contributed by atoms with Crippen LogP contribution >= 0.6 is 11.8 Å². The lowest BCUT2D eigenvalue weighted by atomic mass is 10.3. The summed E-state index contributed by atoms with van der Waals surface area (Å²) in [4.78, 5) is 4.43. The van der Waals surface area contributed by atoms with Gasteiger partial charge in [0.2, 0.25) is 11.0 Å². The third-order valence-corrected chi connectivity index (χ3v) is 4.54. The van der Waals surface area contributed by atoms with Crippen LogP contribution in [0, 0.1) is 5.82 Å². The molecule has 0 N–H and O–H groups in total. The zero-order valence-electron chi connectivity index (χ0n) is 12.3. The van der Waals surface area contributed by atoms with Gasteiger partial charge in [-0.3, -0.25) is 0 Å². The van der Waals surface area contributed by atoms with Gasteiger partial charge < -0.3 is 4.52 Å². The molecule has 2 heterocycles. The molecule has 2 aromatic heterocycles. The Morgan fingerprint density at radius 2 is 2.26 bits per heavy atom. The Morgan fingerprint density at radius 1 is 1.39 bits per heavy atom. The van der Waals surface area contributed by atoms with Crippen molar-refractivity contribution in [2.45, 2.75) is 36.1 Å². The third-order valence-electron chi connectivity index (χ3n) is 3.52. The summed E-state index contributed by atoms with van der Waals surface area (Å²) in [7, 11) is 0. The first-order chi connectivity index (χ1) is 11.2. The lowest BCUT2D eigenvalue weighted by Gasteiger charge is -2.07. The second-order valence-corrected chi connectivity index (χ2v) is 6.69. The highest BCUT2D eigenvalue weighted by Gasteiger charge is 2.30. The Morgan fingerprint density at radius 3 is 3.04 bits per heavy atom. The van der Waals surface area contributed by atoms with Gasteiger partial charge in [-0.1, -0.05) is 23.0 Å². The van der Waals surface area contributed by atoms with Gasteiger partial charge in [0, 0.05) is 5.92 Å². The van der Waals surface area contributed by atoms with E-state index in [0.29, 0.717) is 22.7 Å². The largest absolute Gasteiger partial charge is 0.338 e. The highest BCUT2D eigenvalue weighted by Crippen LogP contribution is 2.40. The molecule has 0 amide bonds. The maximum atomic E-state index is 13.4. The molecule has 1 atom stereocenters. The quantitative estimate of drug-likeness (QED) is 0.664. The van der Waals surface area contributed by atoms with Crippen LogP contribution < -0.4 is 0 Å². The molecule has 4 rings (SSSR count). The maximum absolute atomic E-state index is 13.4. The summed E-state index contributed by atoms with van der Waals surface area (Å²) < 4.78 is 20.2. The lowest BCUT2D eigenvalue weighted by molar-refractivity contribution is 0.374. The molecule has 1 fully saturated rings. The van der Waals surface area contributed by atoms with Crippen LogP contribution in [0.15, 0.2) is 33.9 Å². The number of rotatable bonds is 5. The van der Waals surface area contributed by atoms with E-state index in [1.54, 1.807) is 12.1 Å². The van der Waals surface area contributed by atoms with E-state index in [2.05, 4.69) is 25.7 Å². The first-order valence-electron chi connectivity index (χ1n) is 7.25.